The van der Waals surface area contributed by atoms with Gasteiger partial charge in [0.15, 0.2) is 0 Å². The fraction of sp³-hybridized carbons (Fsp3) is 0.571. The van der Waals surface area contributed by atoms with E-state index in [0.717, 1.165) is 30.4 Å². The molecule has 0 aliphatic rings. The van der Waals surface area contributed by atoms with E-state index in [1.54, 1.807) is 6.07 Å². The molecule has 1 nitrogen and oxygen atoms in total. The standard InChI is InChI=1S/C14H21FO/c1-4-5-8-14(3,10-16)13-7-6-12(15)9-11(13)2/h6-7,9,16H,4-5,8,10H2,1-3H3. The summed E-state index contributed by atoms with van der Waals surface area (Å²) >= 11 is 0. The Bertz CT molecular complexity index is 349. The Kier molecular flexibility index (Phi) is 4.48. The van der Waals surface area contributed by atoms with Gasteiger partial charge in [0, 0.05) is 5.41 Å². The topological polar surface area (TPSA) is 20.2 Å². The molecule has 0 aromatic heterocycles. The van der Waals surface area contributed by atoms with Crippen LogP contribution in [-0.4, -0.2) is 11.7 Å². The Morgan fingerprint density at radius 2 is 2.06 bits per heavy atom. The molecule has 0 radical (unpaired) electrons. The van der Waals surface area contributed by atoms with Gasteiger partial charge in [0.2, 0.25) is 0 Å². The van der Waals surface area contributed by atoms with Crippen molar-refractivity contribution in [1.82, 2.24) is 0 Å². The van der Waals surface area contributed by atoms with E-state index in [1.165, 1.54) is 12.1 Å². The lowest BCUT2D eigenvalue weighted by Gasteiger charge is -2.29. The van der Waals surface area contributed by atoms with E-state index >= 15 is 0 Å². The quantitative estimate of drug-likeness (QED) is 0.810. The lowest BCUT2D eigenvalue weighted by molar-refractivity contribution is 0.193. The summed E-state index contributed by atoms with van der Waals surface area (Å²) in [6, 6.07) is 4.81. The van der Waals surface area contributed by atoms with E-state index in [0.29, 0.717) is 0 Å². The molecular weight excluding hydrogens is 203 g/mol. The maximum Gasteiger partial charge on any atom is 0.123 e. The zero-order valence-corrected chi connectivity index (χ0v) is 10.4. The summed E-state index contributed by atoms with van der Waals surface area (Å²) in [5.41, 5.74) is 1.74. The summed E-state index contributed by atoms with van der Waals surface area (Å²) in [7, 11) is 0. The Morgan fingerprint density at radius 1 is 1.38 bits per heavy atom. The highest BCUT2D eigenvalue weighted by Gasteiger charge is 2.26. The Balaban J connectivity index is 3.02. The fourth-order valence-electron chi connectivity index (χ4n) is 2.17. The number of aryl methyl sites for hydroxylation is 1. The van der Waals surface area contributed by atoms with Crippen LogP contribution in [0.2, 0.25) is 0 Å². The fourth-order valence-corrected chi connectivity index (χ4v) is 2.17. The number of rotatable bonds is 5. The second-order valence-electron chi connectivity index (χ2n) is 4.78. The molecule has 0 fully saturated rings. The third kappa shape index (κ3) is 2.82. The van der Waals surface area contributed by atoms with Gasteiger partial charge in [-0.3, -0.25) is 0 Å². The van der Waals surface area contributed by atoms with Gasteiger partial charge in [-0.05, 0) is 36.6 Å². The molecule has 0 aliphatic heterocycles. The van der Waals surface area contributed by atoms with Gasteiger partial charge in [-0.15, -0.1) is 0 Å². The third-order valence-electron chi connectivity index (χ3n) is 3.27. The summed E-state index contributed by atoms with van der Waals surface area (Å²) in [5, 5.41) is 9.57. The van der Waals surface area contributed by atoms with Crippen LogP contribution in [-0.2, 0) is 5.41 Å². The smallest absolute Gasteiger partial charge is 0.123 e. The number of aliphatic hydroxyl groups excluding tert-OH is 1. The highest BCUT2D eigenvalue weighted by Crippen LogP contribution is 2.31. The first-order valence-corrected chi connectivity index (χ1v) is 5.91. The maximum atomic E-state index is 13.0. The molecule has 0 amide bonds. The van der Waals surface area contributed by atoms with Crippen LogP contribution in [0.1, 0.15) is 44.2 Å². The van der Waals surface area contributed by atoms with E-state index < -0.39 is 0 Å². The second-order valence-corrected chi connectivity index (χ2v) is 4.78. The summed E-state index contributed by atoms with van der Waals surface area (Å²) in [6.45, 7) is 6.19. The molecule has 0 aliphatic carbocycles. The van der Waals surface area contributed by atoms with E-state index in [-0.39, 0.29) is 17.8 Å². The first-order valence-electron chi connectivity index (χ1n) is 5.91. The van der Waals surface area contributed by atoms with Crippen molar-refractivity contribution in [3.8, 4) is 0 Å². The van der Waals surface area contributed by atoms with Crippen molar-refractivity contribution in [2.75, 3.05) is 6.61 Å². The molecule has 0 heterocycles. The number of benzene rings is 1. The zero-order chi connectivity index (χ0) is 12.2. The molecular formula is C14H21FO. The van der Waals surface area contributed by atoms with Crippen LogP contribution in [0.5, 0.6) is 0 Å². The minimum atomic E-state index is -0.242. The van der Waals surface area contributed by atoms with E-state index in [4.69, 9.17) is 0 Å². The van der Waals surface area contributed by atoms with Crippen molar-refractivity contribution >= 4 is 0 Å². The highest BCUT2D eigenvalue weighted by molar-refractivity contribution is 5.33. The van der Waals surface area contributed by atoms with Crippen molar-refractivity contribution in [2.45, 2.75) is 45.4 Å². The van der Waals surface area contributed by atoms with Crippen LogP contribution < -0.4 is 0 Å². The van der Waals surface area contributed by atoms with Crippen LogP contribution in [0.3, 0.4) is 0 Å². The molecule has 16 heavy (non-hydrogen) atoms. The highest BCUT2D eigenvalue weighted by atomic mass is 19.1. The Labute approximate surface area is 97.3 Å². The van der Waals surface area contributed by atoms with Gasteiger partial charge in [-0.1, -0.05) is 32.8 Å². The molecule has 0 saturated heterocycles. The molecule has 1 atom stereocenters. The average Bonchev–Trinajstić information content (AvgIpc) is 2.26. The number of hydrogen-bond donors (Lipinski definition) is 1. The molecule has 1 unspecified atom stereocenters. The van der Waals surface area contributed by atoms with Crippen LogP contribution in [0.4, 0.5) is 4.39 Å². The van der Waals surface area contributed by atoms with E-state index in [1.807, 2.05) is 13.8 Å². The SMILES string of the molecule is CCCCC(C)(CO)c1ccc(F)cc1C. The number of unbranched alkanes of at least 4 members (excludes halogenated alkanes) is 1. The second kappa shape index (κ2) is 5.44. The van der Waals surface area contributed by atoms with E-state index in [9.17, 15) is 9.50 Å². The average molecular weight is 224 g/mol. The van der Waals surface area contributed by atoms with Crippen LogP contribution in [0, 0.1) is 12.7 Å². The predicted octanol–water partition coefficient (Wildman–Crippen LogP) is 3.57. The van der Waals surface area contributed by atoms with Gasteiger partial charge >= 0.3 is 0 Å². The first-order chi connectivity index (χ1) is 7.53. The van der Waals surface area contributed by atoms with Crippen LogP contribution in [0.25, 0.3) is 0 Å². The van der Waals surface area contributed by atoms with Crippen molar-refractivity contribution in [3.63, 3.8) is 0 Å². The molecule has 0 bridgehead atoms. The van der Waals surface area contributed by atoms with Gasteiger partial charge in [0.25, 0.3) is 0 Å². The lowest BCUT2D eigenvalue weighted by atomic mass is 9.77. The number of halogens is 1. The molecule has 1 rings (SSSR count). The maximum absolute atomic E-state index is 13.0. The van der Waals surface area contributed by atoms with Gasteiger partial charge in [0.05, 0.1) is 6.61 Å². The van der Waals surface area contributed by atoms with Crippen molar-refractivity contribution in [3.05, 3.63) is 35.1 Å². The molecule has 2 heteroatoms. The minimum Gasteiger partial charge on any atom is -0.395 e. The van der Waals surface area contributed by atoms with Crippen LogP contribution in [0.15, 0.2) is 18.2 Å². The van der Waals surface area contributed by atoms with Gasteiger partial charge < -0.3 is 5.11 Å². The summed E-state index contributed by atoms with van der Waals surface area (Å²) < 4.78 is 13.0. The Hall–Kier alpha value is -0.890. The van der Waals surface area contributed by atoms with Gasteiger partial charge in [-0.25, -0.2) is 4.39 Å². The van der Waals surface area contributed by atoms with Gasteiger partial charge in [0.1, 0.15) is 5.82 Å². The molecule has 1 aromatic carbocycles. The van der Waals surface area contributed by atoms with Crippen LogP contribution >= 0.6 is 0 Å². The molecule has 0 saturated carbocycles. The monoisotopic (exact) mass is 224 g/mol. The minimum absolute atomic E-state index is 0.111. The summed E-state index contributed by atoms with van der Waals surface area (Å²) in [6.07, 6.45) is 3.12. The molecule has 90 valence electrons. The molecule has 1 N–H and O–H groups in total. The van der Waals surface area contributed by atoms with E-state index in [2.05, 4.69) is 6.92 Å². The van der Waals surface area contributed by atoms with Crippen molar-refractivity contribution in [2.24, 2.45) is 0 Å². The summed E-state index contributed by atoms with van der Waals surface area (Å²) in [5.74, 6) is -0.211. The largest absolute Gasteiger partial charge is 0.395 e. The zero-order valence-electron chi connectivity index (χ0n) is 10.4. The normalized spacial score (nSPS) is 14.8. The van der Waals surface area contributed by atoms with Gasteiger partial charge in [-0.2, -0.15) is 0 Å². The molecule has 1 aromatic rings. The number of hydrogen-bond acceptors (Lipinski definition) is 1. The molecule has 0 spiro atoms. The third-order valence-corrected chi connectivity index (χ3v) is 3.27. The van der Waals surface area contributed by atoms with Crippen molar-refractivity contribution < 1.29 is 9.50 Å². The number of aliphatic hydroxyl groups is 1. The lowest BCUT2D eigenvalue weighted by Crippen LogP contribution is -2.27. The van der Waals surface area contributed by atoms with Crippen molar-refractivity contribution in [1.29, 1.82) is 0 Å². The summed E-state index contributed by atoms with van der Waals surface area (Å²) in [4.78, 5) is 0. The first kappa shape index (κ1) is 13.2. The predicted molar refractivity (Wildman–Crippen MR) is 65.1 cm³/mol. The Morgan fingerprint density at radius 3 is 2.56 bits per heavy atom.